The Kier molecular flexibility index (Phi) is 4.54. The van der Waals surface area contributed by atoms with Gasteiger partial charge in [-0.3, -0.25) is 9.59 Å². The van der Waals surface area contributed by atoms with E-state index in [0.29, 0.717) is 16.9 Å². The first-order chi connectivity index (χ1) is 10.5. The second kappa shape index (κ2) is 6.55. The zero-order valence-electron chi connectivity index (χ0n) is 12.3. The number of para-hydroxylation sites is 1. The van der Waals surface area contributed by atoms with E-state index >= 15 is 0 Å². The SMILES string of the molecule is Cc1ccc(C)c(NC(=O)C(=O)Nc2ccccc2C#N)c1. The van der Waals surface area contributed by atoms with Crippen LogP contribution >= 0.6 is 0 Å². The van der Waals surface area contributed by atoms with Crippen molar-refractivity contribution in [1.82, 2.24) is 0 Å². The number of carbonyl (C=O) groups is 2. The summed E-state index contributed by atoms with van der Waals surface area (Å²) in [6.07, 6.45) is 0. The van der Waals surface area contributed by atoms with Gasteiger partial charge in [0.25, 0.3) is 0 Å². The van der Waals surface area contributed by atoms with E-state index in [1.807, 2.05) is 32.0 Å². The van der Waals surface area contributed by atoms with Crippen molar-refractivity contribution in [1.29, 1.82) is 5.26 Å². The number of nitrogens with one attached hydrogen (secondary N) is 2. The van der Waals surface area contributed by atoms with Gasteiger partial charge in [-0.1, -0.05) is 24.3 Å². The molecule has 0 fully saturated rings. The Labute approximate surface area is 128 Å². The van der Waals surface area contributed by atoms with Crippen LogP contribution in [0.4, 0.5) is 11.4 Å². The molecule has 2 N–H and O–H groups in total. The fourth-order valence-electron chi connectivity index (χ4n) is 1.92. The van der Waals surface area contributed by atoms with Crippen molar-refractivity contribution in [3.05, 3.63) is 59.2 Å². The average Bonchev–Trinajstić information content (AvgIpc) is 2.51. The lowest BCUT2D eigenvalue weighted by molar-refractivity contribution is -0.133. The predicted octanol–water partition coefficient (Wildman–Crippen LogP) is 2.75. The lowest BCUT2D eigenvalue weighted by Crippen LogP contribution is -2.29. The van der Waals surface area contributed by atoms with E-state index in [2.05, 4.69) is 10.6 Å². The normalized spacial score (nSPS) is 9.68. The maximum atomic E-state index is 12.0. The first kappa shape index (κ1) is 15.3. The molecule has 0 bridgehead atoms. The van der Waals surface area contributed by atoms with Crippen molar-refractivity contribution >= 4 is 23.2 Å². The summed E-state index contributed by atoms with van der Waals surface area (Å²) in [5.41, 5.74) is 3.05. The molecule has 0 saturated carbocycles. The molecule has 0 atom stereocenters. The Morgan fingerprint density at radius 1 is 0.955 bits per heavy atom. The number of anilines is 2. The van der Waals surface area contributed by atoms with E-state index < -0.39 is 11.8 Å². The van der Waals surface area contributed by atoms with E-state index in [1.165, 1.54) is 0 Å². The fourth-order valence-corrected chi connectivity index (χ4v) is 1.92. The number of amides is 2. The molecule has 0 heterocycles. The molecule has 0 unspecified atom stereocenters. The van der Waals surface area contributed by atoms with Gasteiger partial charge in [-0.25, -0.2) is 0 Å². The third-order valence-electron chi connectivity index (χ3n) is 3.14. The molecule has 0 aliphatic heterocycles. The van der Waals surface area contributed by atoms with E-state index in [1.54, 1.807) is 30.3 Å². The lowest BCUT2D eigenvalue weighted by Gasteiger charge is -2.10. The van der Waals surface area contributed by atoms with Gasteiger partial charge in [0.2, 0.25) is 0 Å². The molecule has 2 rings (SSSR count). The Morgan fingerprint density at radius 3 is 2.27 bits per heavy atom. The van der Waals surface area contributed by atoms with Crippen LogP contribution in [0.25, 0.3) is 0 Å². The highest BCUT2D eigenvalue weighted by Crippen LogP contribution is 2.17. The smallest absolute Gasteiger partial charge is 0.314 e. The van der Waals surface area contributed by atoms with Crippen molar-refractivity contribution in [3.63, 3.8) is 0 Å². The van der Waals surface area contributed by atoms with Crippen molar-refractivity contribution in [2.45, 2.75) is 13.8 Å². The number of benzene rings is 2. The quantitative estimate of drug-likeness (QED) is 0.835. The molecule has 22 heavy (non-hydrogen) atoms. The van der Waals surface area contributed by atoms with Gasteiger partial charge in [0.05, 0.1) is 11.3 Å². The molecule has 0 radical (unpaired) electrons. The fraction of sp³-hybridized carbons (Fsp3) is 0.118. The van der Waals surface area contributed by atoms with E-state index in [-0.39, 0.29) is 0 Å². The maximum absolute atomic E-state index is 12.0. The van der Waals surface area contributed by atoms with E-state index in [4.69, 9.17) is 5.26 Å². The van der Waals surface area contributed by atoms with Crippen LogP contribution < -0.4 is 10.6 Å². The first-order valence-corrected chi connectivity index (χ1v) is 6.70. The standard InChI is InChI=1S/C17H15N3O2/c1-11-7-8-12(2)15(9-11)20-17(22)16(21)19-14-6-4-3-5-13(14)10-18/h3-9H,1-2H3,(H,19,21)(H,20,22). The monoisotopic (exact) mass is 293 g/mol. The molecule has 0 aliphatic rings. The Morgan fingerprint density at radius 2 is 1.59 bits per heavy atom. The Bertz CT molecular complexity index is 776. The molecule has 0 aliphatic carbocycles. The molecule has 2 aromatic carbocycles. The zero-order chi connectivity index (χ0) is 16.1. The summed E-state index contributed by atoms with van der Waals surface area (Å²) in [6.45, 7) is 3.75. The van der Waals surface area contributed by atoms with Crippen LogP contribution in [0.2, 0.25) is 0 Å². The van der Waals surface area contributed by atoms with Gasteiger partial charge in [0.15, 0.2) is 0 Å². The van der Waals surface area contributed by atoms with Crippen LogP contribution in [0.15, 0.2) is 42.5 Å². The number of hydrogen-bond acceptors (Lipinski definition) is 3. The largest absolute Gasteiger partial charge is 0.318 e. The molecule has 110 valence electrons. The highest BCUT2D eigenvalue weighted by molar-refractivity contribution is 6.43. The minimum atomic E-state index is -0.816. The second-order valence-electron chi connectivity index (χ2n) is 4.88. The van der Waals surface area contributed by atoms with Crippen LogP contribution in [-0.2, 0) is 9.59 Å². The van der Waals surface area contributed by atoms with Gasteiger partial charge >= 0.3 is 11.8 Å². The molecule has 5 heteroatoms. The van der Waals surface area contributed by atoms with Crippen molar-refractivity contribution in [2.75, 3.05) is 10.6 Å². The van der Waals surface area contributed by atoms with Gasteiger partial charge in [-0.05, 0) is 43.2 Å². The van der Waals surface area contributed by atoms with Gasteiger partial charge in [-0.15, -0.1) is 0 Å². The summed E-state index contributed by atoms with van der Waals surface area (Å²) in [7, 11) is 0. The third-order valence-corrected chi connectivity index (χ3v) is 3.14. The summed E-state index contributed by atoms with van der Waals surface area (Å²) in [4.78, 5) is 23.9. The number of carbonyl (C=O) groups excluding carboxylic acids is 2. The zero-order valence-corrected chi connectivity index (χ0v) is 12.3. The highest BCUT2D eigenvalue weighted by atomic mass is 16.2. The summed E-state index contributed by atoms with van der Waals surface area (Å²) in [5.74, 6) is -1.59. The maximum Gasteiger partial charge on any atom is 0.314 e. The van der Waals surface area contributed by atoms with Crippen LogP contribution in [0.1, 0.15) is 16.7 Å². The summed E-state index contributed by atoms with van der Waals surface area (Å²) >= 11 is 0. The molecule has 0 aromatic heterocycles. The van der Waals surface area contributed by atoms with Gasteiger partial charge in [-0.2, -0.15) is 5.26 Å². The number of hydrogen-bond donors (Lipinski definition) is 2. The minimum Gasteiger partial charge on any atom is -0.318 e. The average molecular weight is 293 g/mol. The van der Waals surface area contributed by atoms with E-state index in [9.17, 15) is 9.59 Å². The van der Waals surface area contributed by atoms with Gasteiger partial charge in [0, 0.05) is 5.69 Å². The molecule has 0 saturated heterocycles. The molecule has 2 amide bonds. The van der Waals surface area contributed by atoms with Crippen LogP contribution in [0.3, 0.4) is 0 Å². The number of rotatable bonds is 2. The number of aryl methyl sites for hydroxylation is 2. The minimum absolute atomic E-state index is 0.301. The number of nitriles is 1. The van der Waals surface area contributed by atoms with Crippen LogP contribution in [0.5, 0.6) is 0 Å². The molecule has 2 aromatic rings. The van der Waals surface area contributed by atoms with Crippen LogP contribution in [-0.4, -0.2) is 11.8 Å². The van der Waals surface area contributed by atoms with Gasteiger partial charge < -0.3 is 10.6 Å². The molecular formula is C17H15N3O2. The predicted molar refractivity (Wildman–Crippen MR) is 84.3 cm³/mol. The Balaban J connectivity index is 2.12. The topological polar surface area (TPSA) is 82.0 Å². The molecule has 5 nitrogen and oxygen atoms in total. The highest BCUT2D eigenvalue weighted by Gasteiger charge is 2.16. The second-order valence-corrected chi connectivity index (χ2v) is 4.88. The lowest BCUT2D eigenvalue weighted by atomic mass is 10.1. The van der Waals surface area contributed by atoms with Gasteiger partial charge in [0.1, 0.15) is 6.07 Å². The van der Waals surface area contributed by atoms with Crippen LogP contribution in [0, 0.1) is 25.2 Å². The van der Waals surface area contributed by atoms with Crippen molar-refractivity contribution in [2.24, 2.45) is 0 Å². The first-order valence-electron chi connectivity index (χ1n) is 6.70. The molecule has 0 spiro atoms. The number of nitrogens with zero attached hydrogens (tertiary/aromatic N) is 1. The third kappa shape index (κ3) is 3.49. The summed E-state index contributed by atoms with van der Waals surface area (Å²) in [5, 5.41) is 14.0. The Hall–Kier alpha value is -3.13. The van der Waals surface area contributed by atoms with E-state index in [0.717, 1.165) is 11.1 Å². The summed E-state index contributed by atoms with van der Waals surface area (Å²) in [6, 6.07) is 14.1. The van der Waals surface area contributed by atoms with Crippen molar-refractivity contribution in [3.8, 4) is 6.07 Å². The molecular weight excluding hydrogens is 278 g/mol. The summed E-state index contributed by atoms with van der Waals surface area (Å²) < 4.78 is 0. The van der Waals surface area contributed by atoms with Crippen molar-refractivity contribution < 1.29 is 9.59 Å².